The van der Waals surface area contributed by atoms with Crippen molar-refractivity contribution in [1.29, 1.82) is 0 Å². The van der Waals surface area contributed by atoms with Crippen LogP contribution in [-0.4, -0.2) is 55.2 Å². The van der Waals surface area contributed by atoms with Crippen molar-refractivity contribution >= 4 is 16.1 Å². The first-order valence-corrected chi connectivity index (χ1v) is 12.0. The van der Waals surface area contributed by atoms with E-state index >= 15 is 0 Å². The minimum Gasteiger partial charge on any atom is -0.491 e. The van der Waals surface area contributed by atoms with Gasteiger partial charge >= 0.3 is 0 Å². The van der Waals surface area contributed by atoms with Gasteiger partial charge in [-0.3, -0.25) is 4.79 Å². The van der Waals surface area contributed by atoms with Crippen molar-refractivity contribution in [3.63, 3.8) is 0 Å². The molecule has 29 heavy (non-hydrogen) atoms. The molecule has 0 radical (unpaired) electrons. The van der Waals surface area contributed by atoms with E-state index < -0.39 is 10.2 Å². The van der Waals surface area contributed by atoms with E-state index in [2.05, 4.69) is 5.32 Å². The van der Waals surface area contributed by atoms with E-state index in [9.17, 15) is 13.2 Å². The molecule has 0 spiro atoms. The summed E-state index contributed by atoms with van der Waals surface area (Å²) in [6, 6.07) is 7.67. The van der Waals surface area contributed by atoms with Gasteiger partial charge in [0.25, 0.3) is 10.2 Å². The van der Waals surface area contributed by atoms with Gasteiger partial charge in [-0.2, -0.15) is 17.0 Å². The Morgan fingerprint density at radius 3 is 2.38 bits per heavy atom. The van der Waals surface area contributed by atoms with Gasteiger partial charge in [0, 0.05) is 32.7 Å². The molecule has 1 amide bonds. The van der Waals surface area contributed by atoms with Crippen LogP contribution in [0.2, 0.25) is 0 Å². The summed E-state index contributed by atoms with van der Waals surface area (Å²) in [5, 5.41) is 2.97. The summed E-state index contributed by atoms with van der Waals surface area (Å²) in [5.74, 6) is 0.429. The Morgan fingerprint density at radius 1 is 1.07 bits per heavy atom. The molecule has 3 rings (SSSR count). The molecule has 2 aliphatic heterocycles. The van der Waals surface area contributed by atoms with E-state index in [1.54, 1.807) is 4.31 Å². The first kappa shape index (κ1) is 22.1. The second-order valence-corrected chi connectivity index (χ2v) is 10.1. The van der Waals surface area contributed by atoms with Gasteiger partial charge < -0.3 is 10.1 Å². The molecule has 2 fully saturated rings. The lowest BCUT2D eigenvalue weighted by atomic mass is 9.99. The zero-order valence-corrected chi connectivity index (χ0v) is 18.3. The molecule has 0 unspecified atom stereocenters. The molecule has 2 heterocycles. The maximum Gasteiger partial charge on any atom is 0.281 e. The Hall–Kier alpha value is -1.64. The highest BCUT2D eigenvalue weighted by atomic mass is 32.2. The van der Waals surface area contributed by atoms with Crippen molar-refractivity contribution in [2.45, 2.75) is 58.6 Å². The molecule has 0 aliphatic carbocycles. The van der Waals surface area contributed by atoms with Crippen LogP contribution in [0.5, 0.6) is 5.75 Å². The maximum absolute atomic E-state index is 12.9. The highest BCUT2D eigenvalue weighted by Crippen LogP contribution is 2.23. The normalized spacial score (nSPS) is 21.8. The fourth-order valence-corrected chi connectivity index (χ4v) is 5.69. The van der Waals surface area contributed by atoms with E-state index in [0.29, 0.717) is 32.6 Å². The summed E-state index contributed by atoms with van der Waals surface area (Å²) in [7, 11) is -3.46. The number of carbonyl (C=O) groups is 1. The minimum atomic E-state index is -3.46. The average Bonchev–Trinajstić information content (AvgIpc) is 2.73. The number of ether oxygens (including phenoxy) is 1. The van der Waals surface area contributed by atoms with E-state index in [4.69, 9.17) is 4.74 Å². The Bertz CT molecular complexity index is 774. The number of benzene rings is 1. The van der Waals surface area contributed by atoms with Gasteiger partial charge in [-0.15, -0.1) is 0 Å². The SMILES string of the molecule is CC(C)Oc1ccc(CNC(=O)[C@H]2CCCN(S(=O)(=O)N3CCCCC3)C2)cc1. The van der Waals surface area contributed by atoms with Crippen LogP contribution in [0, 0.1) is 5.92 Å². The third kappa shape index (κ3) is 5.93. The number of hydrogen-bond donors (Lipinski definition) is 1. The molecule has 1 N–H and O–H groups in total. The zero-order chi connectivity index (χ0) is 20.9. The number of piperidine rings is 2. The summed E-state index contributed by atoms with van der Waals surface area (Å²) in [5.41, 5.74) is 0.989. The van der Waals surface area contributed by atoms with E-state index in [1.165, 1.54) is 4.31 Å². The minimum absolute atomic E-state index is 0.0777. The Morgan fingerprint density at radius 2 is 1.72 bits per heavy atom. The smallest absolute Gasteiger partial charge is 0.281 e. The standard InChI is InChI=1S/C21H33N3O4S/c1-17(2)28-20-10-8-18(9-11-20)15-22-21(25)19-7-6-14-24(16-19)29(26,27)23-12-4-3-5-13-23/h8-11,17,19H,3-7,12-16H2,1-2H3,(H,22,25)/t19-/m0/s1. The van der Waals surface area contributed by atoms with Crippen LogP contribution in [0.25, 0.3) is 0 Å². The van der Waals surface area contributed by atoms with Gasteiger partial charge in [0.2, 0.25) is 5.91 Å². The van der Waals surface area contributed by atoms with E-state index in [0.717, 1.165) is 37.0 Å². The van der Waals surface area contributed by atoms with Crippen LogP contribution in [-0.2, 0) is 21.5 Å². The molecule has 0 aromatic heterocycles. The summed E-state index contributed by atoms with van der Waals surface area (Å²) in [6.45, 7) is 6.33. The lowest BCUT2D eigenvalue weighted by molar-refractivity contribution is -0.126. The first-order chi connectivity index (χ1) is 13.9. The molecule has 7 nitrogen and oxygen atoms in total. The van der Waals surface area contributed by atoms with Gasteiger partial charge in [-0.25, -0.2) is 0 Å². The van der Waals surface area contributed by atoms with Gasteiger partial charge in [-0.1, -0.05) is 18.6 Å². The van der Waals surface area contributed by atoms with Crippen molar-refractivity contribution in [3.05, 3.63) is 29.8 Å². The number of rotatable bonds is 7. The number of nitrogens with zero attached hydrogens (tertiary/aromatic N) is 2. The number of amides is 1. The first-order valence-electron chi connectivity index (χ1n) is 10.6. The van der Waals surface area contributed by atoms with Crippen LogP contribution in [0.4, 0.5) is 0 Å². The summed E-state index contributed by atoms with van der Waals surface area (Å²) in [4.78, 5) is 12.7. The largest absolute Gasteiger partial charge is 0.491 e. The second-order valence-electron chi connectivity index (χ2n) is 8.19. The molecule has 0 saturated carbocycles. The van der Waals surface area contributed by atoms with Crippen LogP contribution in [0.15, 0.2) is 24.3 Å². The third-order valence-electron chi connectivity index (χ3n) is 5.48. The zero-order valence-electron chi connectivity index (χ0n) is 17.5. The fraction of sp³-hybridized carbons (Fsp3) is 0.667. The van der Waals surface area contributed by atoms with Crippen LogP contribution >= 0.6 is 0 Å². The van der Waals surface area contributed by atoms with Gasteiger partial charge in [0.1, 0.15) is 5.75 Å². The van der Waals surface area contributed by atoms with Crippen LogP contribution in [0.3, 0.4) is 0 Å². The lowest BCUT2D eigenvalue weighted by Crippen LogP contribution is -2.51. The van der Waals surface area contributed by atoms with Crippen molar-refractivity contribution in [1.82, 2.24) is 13.9 Å². The van der Waals surface area contributed by atoms with Crippen molar-refractivity contribution in [3.8, 4) is 5.75 Å². The van der Waals surface area contributed by atoms with E-state index in [-0.39, 0.29) is 24.5 Å². The van der Waals surface area contributed by atoms with Crippen molar-refractivity contribution in [2.75, 3.05) is 26.2 Å². The summed E-state index contributed by atoms with van der Waals surface area (Å²) < 4.78 is 34.5. The molecular formula is C21H33N3O4S. The number of carbonyl (C=O) groups excluding carboxylic acids is 1. The predicted molar refractivity (Wildman–Crippen MR) is 113 cm³/mol. The fourth-order valence-electron chi connectivity index (χ4n) is 3.92. The molecule has 1 atom stereocenters. The molecule has 1 aromatic carbocycles. The van der Waals surface area contributed by atoms with Crippen LogP contribution < -0.4 is 10.1 Å². The monoisotopic (exact) mass is 423 g/mol. The molecule has 8 heteroatoms. The number of hydrogen-bond acceptors (Lipinski definition) is 4. The Labute approximate surface area is 174 Å². The second kappa shape index (κ2) is 9.91. The summed E-state index contributed by atoms with van der Waals surface area (Å²) >= 11 is 0. The van der Waals surface area contributed by atoms with Crippen LogP contribution in [0.1, 0.15) is 51.5 Å². The highest BCUT2D eigenvalue weighted by molar-refractivity contribution is 7.86. The number of nitrogens with one attached hydrogen (secondary N) is 1. The van der Waals surface area contributed by atoms with Gasteiger partial charge in [-0.05, 0) is 57.2 Å². The highest BCUT2D eigenvalue weighted by Gasteiger charge is 2.36. The quantitative estimate of drug-likeness (QED) is 0.731. The van der Waals surface area contributed by atoms with Gasteiger partial charge in [0.05, 0.1) is 12.0 Å². The Balaban J connectivity index is 1.53. The topological polar surface area (TPSA) is 79.0 Å². The molecule has 0 bridgehead atoms. The Kier molecular flexibility index (Phi) is 7.54. The average molecular weight is 424 g/mol. The predicted octanol–water partition coefficient (Wildman–Crippen LogP) is 2.53. The maximum atomic E-state index is 12.9. The van der Waals surface area contributed by atoms with Crippen molar-refractivity contribution < 1.29 is 17.9 Å². The lowest BCUT2D eigenvalue weighted by Gasteiger charge is -2.36. The molecule has 2 saturated heterocycles. The molecular weight excluding hydrogens is 390 g/mol. The van der Waals surface area contributed by atoms with E-state index in [1.807, 2.05) is 38.1 Å². The summed E-state index contributed by atoms with van der Waals surface area (Å²) in [6.07, 6.45) is 4.47. The van der Waals surface area contributed by atoms with Gasteiger partial charge in [0.15, 0.2) is 0 Å². The molecule has 162 valence electrons. The van der Waals surface area contributed by atoms with Crippen molar-refractivity contribution in [2.24, 2.45) is 5.92 Å². The molecule has 1 aromatic rings. The molecule has 2 aliphatic rings. The third-order valence-corrected chi connectivity index (χ3v) is 7.49.